The number of likely N-dealkylation sites (tertiary alicyclic amines) is 1. The van der Waals surface area contributed by atoms with Gasteiger partial charge in [0.25, 0.3) is 5.91 Å². The molecule has 0 spiro atoms. The smallest absolute Gasteiger partial charge is 0.315 e. The van der Waals surface area contributed by atoms with Crippen molar-refractivity contribution in [1.82, 2.24) is 26.2 Å². The highest BCUT2D eigenvalue weighted by Gasteiger charge is 2.70. The molecule has 0 aromatic rings. The summed E-state index contributed by atoms with van der Waals surface area (Å²) in [4.78, 5) is 69.9. The molecule has 0 radical (unpaired) electrons. The van der Waals surface area contributed by atoms with Gasteiger partial charge >= 0.3 is 6.03 Å². The monoisotopic (exact) mass is 705 g/mol. The van der Waals surface area contributed by atoms with Crippen LogP contribution in [0.5, 0.6) is 0 Å². The fraction of sp³-hybridized carbons (Fsp3) is 0.806. The fourth-order valence-electron chi connectivity index (χ4n) is 8.93. The lowest BCUT2D eigenvalue weighted by molar-refractivity contribution is -0.145. The van der Waals surface area contributed by atoms with Gasteiger partial charge in [0.15, 0.2) is 0 Å². The number of hydrogen-bond donors (Lipinski definition) is 6. The lowest BCUT2D eigenvalue weighted by Gasteiger charge is -2.54. The van der Waals surface area contributed by atoms with E-state index < -0.39 is 68.5 Å². The van der Waals surface area contributed by atoms with Crippen LogP contribution >= 0.6 is 10.6 Å². The first kappa shape index (κ1) is 37.6. The van der Waals surface area contributed by atoms with E-state index in [1.807, 2.05) is 20.8 Å². The molecule has 3 saturated carbocycles. The number of nitrogens with zero attached hydrogens (tertiary/aromatic N) is 1. The molecule has 2 heterocycles. The molecule has 0 aromatic heterocycles. The van der Waals surface area contributed by atoms with Crippen molar-refractivity contribution in [1.29, 1.82) is 0 Å². The van der Waals surface area contributed by atoms with E-state index in [0.29, 0.717) is 38.0 Å². The highest BCUT2D eigenvalue weighted by Crippen LogP contribution is 2.65. The summed E-state index contributed by atoms with van der Waals surface area (Å²) in [6, 6.07) is -3.36. The molecule has 6 atom stereocenters. The van der Waals surface area contributed by atoms with Crippen LogP contribution in [0.2, 0.25) is 0 Å². The van der Waals surface area contributed by atoms with Gasteiger partial charge in [-0.15, -0.1) is 6.58 Å². The van der Waals surface area contributed by atoms with Crippen molar-refractivity contribution < 1.29 is 33.1 Å². The second kappa shape index (κ2) is 14.2. The number of piperidine rings is 1. The molecule has 0 aromatic carbocycles. The quantitative estimate of drug-likeness (QED) is 0.129. The van der Waals surface area contributed by atoms with Crippen molar-refractivity contribution in [3.63, 3.8) is 0 Å². The van der Waals surface area contributed by atoms with E-state index in [2.05, 4.69) is 41.7 Å². The minimum atomic E-state index is -2.89. The van der Waals surface area contributed by atoms with Gasteiger partial charge in [0.2, 0.25) is 17.6 Å². The van der Waals surface area contributed by atoms with Crippen molar-refractivity contribution >= 4 is 40.1 Å². The van der Waals surface area contributed by atoms with E-state index in [0.717, 1.165) is 44.9 Å². The molecular weight excluding hydrogens is 646 g/mol. The maximum absolute atomic E-state index is 14.5. The molecule has 12 nitrogen and oxygen atoms in total. The Bertz CT molecular complexity index is 1320. The van der Waals surface area contributed by atoms with E-state index >= 15 is 0 Å². The van der Waals surface area contributed by atoms with Crippen molar-refractivity contribution in [3.8, 4) is 0 Å². The lowest BCUT2D eigenvalue weighted by atomic mass is 9.77. The molecule has 2 aliphatic heterocycles. The summed E-state index contributed by atoms with van der Waals surface area (Å²) >= 11 is 0. The third-order valence-electron chi connectivity index (χ3n) is 12.0. The Morgan fingerprint density at radius 1 is 0.980 bits per heavy atom. The SMILES string of the molecule is C=CCNC(=O)C(=O)[C@H](CC1CC1)NC(=O)[C@@H]1[C@@H]2[C@H](CN1C(=O)[C@@H](NC(=O)NC1([C@@H]3CCCCS3(O)O)CCCCC1)C(C)(C)C)C2(C)C. The molecule has 5 rings (SSSR count). The van der Waals surface area contributed by atoms with Crippen LogP contribution in [-0.4, -0.2) is 91.3 Å². The summed E-state index contributed by atoms with van der Waals surface area (Å²) in [6.45, 7) is 13.8. The number of rotatable bonds is 12. The molecule has 5 aliphatic rings. The summed E-state index contributed by atoms with van der Waals surface area (Å²) in [7, 11) is -2.89. The number of fused-ring (bicyclic) bond motifs is 1. The number of hydrogen-bond acceptors (Lipinski definition) is 7. The van der Waals surface area contributed by atoms with Gasteiger partial charge in [-0.05, 0) is 67.1 Å². The normalized spacial score (nSPS) is 30.1. The first-order chi connectivity index (χ1) is 22.9. The van der Waals surface area contributed by atoms with Gasteiger partial charge in [0.1, 0.15) is 12.1 Å². The summed E-state index contributed by atoms with van der Waals surface area (Å²) in [5.41, 5.74) is -1.68. The summed E-state index contributed by atoms with van der Waals surface area (Å²) in [6.07, 6.45) is 10.0. The Hall–Kier alpha value is -2.64. The van der Waals surface area contributed by atoms with Crippen LogP contribution in [0, 0.1) is 28.6 Å². The molecule has 3 aliphatic carbocycles. The minimum Gasteiger partial charge on any atom is -0.346 e. The molecule has 0 unspecified atom stereocenters. The zero-order chi connectivity index (χ0) is 35.9. The standard InChI is InChI=1S/C36H59N5O7S/c1-7-18-37-31(44)28(42)24(20-22-14-15-22)38-30(43)27-26-23(35(26,5)6)21-41(27)32(45)29(34(2,3)4)39-33(46)40-36(16-10-8-11-17-36)25-13-9-12-19-49(25,47)48/h7,22-27,29,47-48H,1,8-21H2,2-6H3,(H,37,44)(H,38,43)(H2,39,40,46)/t23-,24-,25-,26-,27-,29+/m0/s1. The molecule has 49 heavy (non-hydrogen) atoms. The average Bonchev–Trinajstić information content (AvgIpc) is 3.88. The van der Waals surface area contributed by atoms with Crippen molar-refractivity contribution in [3.05, 3.63) is 12.7 Å². The summed E-state index contributed by atoms with van der Waals surface area (Å²) < 4.78 is 22.2. The van der Waals surface area contributed by atoms with Gasteiger partial charge in [-0.3, -0.25) is 28.3 Å². The Labute approximate surface area is 293 Å². The topological polar surface area (TPSA) is 177 Å². The van der Waals surface area contributed by atoms with Gasteiger partial charge in [-0.2, -0.15) is 10.6 Å². The maximum atomic E-state index is 14.5. The molecule has 6 N–H and O–H groups in total. The van der Waals surface area contributed by atoms with Gasteiger partial charge in [-0.1, -0.05) is 72.8 Å². The molecule has 5 fully saturated rings. The van der Waals surface area contributed by atoms with Crippen LogP contribution < -0.4 is 21.3 Å². The Morgan fingerprint density at radius 3 is 2.24 bits per heavy atom. The summed E-state index contributed by atoms with van der Waals surface area (Å²) in [5, 5.41) is 11.1. The number of carbonyl (C=O) groups is 5. The minimum absolute atomic E-state index is 0.0807. The highest BCUT2D eigenvalue weighted by molar-refractivity contribution is 8.24. The van der Waals surface area contributed by atoms with Crippen LogP contribution in [0.3, 0.4) is 0 Å². The van der Waals surface area contributed by atoms with E-state index in [1.165, 1.54) is 6.08 Å². The van der Waals surface area contributed by atoms with Gasteiger partial charge < -0.3 is 26.2 Å². The number of nitrogens with one attached hydrogen (secondary N) is 4. The van der Waals surface area contributed by atoms with Crippen molar-refractivity contribution in [2.24, 2.45) is 28.6 Å². The number of amides is 5. The third kappa shape index (κ3) is 7.98. The van der Waals surface area contributed by atoms with Crippen LogP contribution in [0.15, 0.2) is 12.7 Å². The number of Topliss-reactive ketones (excluding diaryl/α,β-unsaturated/α-hetero) is 1. The second-order valence-electron chi connectivity index (χ2n) is 17.0. The van der Waals surface area contributed by atoms with Crippen molar-refractivity contribution in [2.75, 3.05) is 18.8 Å². The molecule has 0 bridgehead atoms. The number of carbonyl (C=O) groups excluding carboxylic acids is 5. The van der Waals surface area contributed by atoms with E-state index in [9.17, 15) is 33.1 Å². The average molecular weight is 706 g/mol. The van der Waals surface area contributed by atoms with Crippen LogP contribution in [0.25, 0.3) is 0 Å². The van der Waals surface area contributed by atoms with Gasteiger partial charge in [0, 0.05) is 18.8 Å². The molecule has 276 valence electrons. The largest absolute Gasteiger partial charge is 0.346 e. The van der Waals surface area contributed by atoms with Crippen LogP contribution in [-0.2, 0) is 19.2 Å². The molecular formula is C36H59N5O7S. The molecule has 5 amide bonds. The van der Waals surface area contributed by atoms with Crippen LogP contribution in [0.4, 0.5) is 4.79 Å². The van der Waals surface area contributed by atoms with Gasteiger partial charge in [-0.25, -0.2) is 4.79 Å². The van der Waals surface area contributed by atoms with E-state index in [-0.39, 0.29) is 35.6 Å². The zero-order valence-corrected chi connectivity index (χ0v) is 30.8. The van der Waals surface area contributed by atoms with E-state index in [4.69, 9.17) is 0 Å². The molecule has 13 heteroatoms. The highest BCUT2D eigenvalue weighted by atomic mass is 32.3. The third-order valence-corrected chi connectivity index (χ3v) is 14.5. The maximum Gasteiger partial charge on any atom is 0.315 e. The van der Waals surface area contributed by atoms with E-state index in [1.54, 1.807) is 4.90 Å². The lowest BCUT2D eigenvalue weighted by Crippen LogP contribution is -2.65. The zero-order valence-electron chi connectivity index (χ0n) is 30.0. The van der Waals surface area contributed by atoms with Gasteiger partial charge in [0.05, 0.1) is 16.8 Å². The summed E-state index contributed by atoms with van der Waals surface area (Å²) in [5.74, 6) is -1.76. The Morgan fingerprint density at radius 2 is 1.65 bits per heavy atom. The predicted octanol–water partition coefficient (Wildman–Crippen LogP) is 4.35. The first-order valence-electron chi connectivity index (χ1n) is 18.3. The number of urea groups is 1. The second-order valence-corrected chi connectivity index (χ2v) is 19.4. The fourth-order valence-corrected chi connectivity index (χ4v) is 11.4. The predicted molar refractivity (Wildman–Crippen MR) is 190 cm³/mol. The van der Waals surface area contributed by atoms with Crippen LogP contribution in [0.1, 0.15) is 105 Å². The van der Waals surface area contributed by atoms with Crippen molar-refractivity contribution in [2.45, 2.75) is 134 Å². The first-order valence-corrected chi connectivity index (χ1v) is 20.1. The Kier molecular flexibility index (Phi) is 10.9. The Balaban J connectivity index is 1.34. The number of ketones is 1. The molecule has 2 saturated heterocycles.